The van der Waals surface area contributed by atoms with Crippen LogP contribution in [-0.4, -0.2) is 49.6 Å². The van der Waals surface area contributed by atoms with Crippen LogP contribution in [0.15, 0.2) is 0 Å². The van der Waals surface area contributed by atoms with Crippen LogP contribution >= 0.6 is 0 Å². The summed E-state index contributed by atoms with van der Waals surface area (Å²) in [5.41, 5.74) is 0.225. The van der Waals surface area contributed by atoms with Crippen LogP contribution < -0.4 is 5.32 Å². The highest BCUT2D eigenvalue weighted by Crippen LogP contribution is 2.67. The number of carbonyl (C=O) groups is 1. The third-order valence-corrected chi connectivity index (χ3v) is 11.0. The maximum atomic E-state index is 12.8. The van der Waals surface area contributed by atoms with Crippen LogP contribution in [0.1, 0.15) is 78.1 Å². The smallest absolute Gasteiger partial charge is 0.309 e. The first-order chi connectivity index (χ1) is 14.8. The van der Waals surface area contributed by atoms with Crippen LogP contribution in [-0.2, 0) is 14.3 Å². The van der Waals surface area contributed by atoms with Gasteiger partial charge in [-0.1, -0.05) is 20.3 Å². The van der Waals surface area contributed by atoms with Crippen molar-refractivity contribution < 1.29 is 19.4 Å². The summed E-state index contributed by atoms with van der Waals surface area (Å²) in [5.74, 6) is 2.48. The quantitative estimate of drug-likeness (QED) is 0.658. The minimum absolute atomic E-state index is 0.00553. The predicted octanol–water partition coefficient (Wildman–Crippen LogP) is 3.92. The molecule has 0 saturated heterocycles. The summed E-state index contributed by atoms with van der Waals surface area (Å²) in [7, 11) is 3.32. The van der Waals surface area contributed by atoms with Crippen molar-refractivity contribution in [3.8, 4) is 0 Å². The summed E-state index contributed by atoms with van der Waals surface area (Å²) < 4.78 is 11.1. The fourth-order valence-electron chi connectivity index (χ4n) is 9.25. The highest BCUT2D eigenvalue weighted by atomic mass is 16.5. The average molecular weight is 434 g/mol. The molecule has 0 bridgehead atoms. The first-order valence-corrected chi connectivity index (χ1v) is 12.9. The van der Waals surface area contributed by atoms with E-state index in [4.69, 9.17) is 9.47 Å². The zero-order chi connectivity index (χ0) is 22.0. The lowest BCUT2D eigenvalue weighted by atomic mass is 9.43. The van der Waals surface area contributed by atoms with Gasteiger partial charge in [0.2, 0.25) is 0 Å². The van der Waals surface area contributed by atoms with E-state index < -0.39 is 0 Å². The Bertz CT molecular complexity index is 695. The van der Waals surface area contributed by atoms with Gasteiger partial charge in [0, 0.05) is 19.2 Å². The van der Waals surface area contributed by atoms with Gasteiger partial charge in [-0.3, -0.25) is 4.79 Å². The van der Waals surface area contributed by atoms with Gasteiger partial charge in [-0.2, -0.15) is 0 Å². The molecule has 0 spiro atoms. The molecule has 0 aromatic rings. The number of hydrogen-bond acceptors (Lipinski definition) is 5. The molecule has 5 fully saturated rings. The zero-order valence-corrected chi connectivity index (χ0v) is 19.9. The van der Waals surface area contributed by atoms with Gasteiger partial charge in [-0.05, 0) is 92.3 Å². The fourth-order valence-corrected chi connectivity index (χ4v) is 9.25. The van der Waals surface area contributed by atoms with Gasteiger partial charge in [-0.15, -0.1) is 0 Å². The molecule has 0 heterocycles. The van der Waals surface area contributed by atoms with Crippen molar-refractivity contribution in [2.75, 3.05) is 14.2 Å². The molecule has 0 amide bonds. The Morgan fingerprint density at radius 1 is 1.00 bits per heavy atom. The summed E-state index contributed by atoms with van der Waals surface area (Å²) in [6.45, 7) is 4.91. The molecule has 2 N–H and O–H groups in total. The Morgan fingerprint density at radius 3 is 2.42 bits per heavy atom. The lowest BCUT2D eigenvalue weighted by Crippen LogP contribution is -2.65. The highest BCUT2D eigenvalue weighted by molar-refractivity contribution is 5.74. The topological polar surface area (TPSA) is 67.8 Å². The SMILES string of the molecule is COC(=O)C1CC[C@H]2[C@@H]3CCC4CC(O)C(OC)C[C@]4(C)[C@@H]3C(NC3CCC3)C[C@]12C. The lowest BCUT2D eigenvalue weighted by Gasteiger charge is -2.64. The Morgan fingerprint density at radius 2 is 1.77 bits per heavy atom. The van der Waals surface area contributed by atoms with Crippen molar-refractivity contribution >= 4 is 5.97 Å². The van der Waals surface area contributed by atoms with E-state index in [9.17, 15) is 9.90 Å². The van der Waals surface area contributed by atoms with E-state index in [1.165, 1.54) is 32.1 Å². The second-order valence-corrected chi connectivity index (χ2v) is 12.1. The van der Waals surface area contributed by atoms with Gasteiger partial charge >= 0.3 is 5.97 Å². The van der Waals surface area contributed by atoms with E-state index in [1.807, 2.05) is 0 Å². The standard InChI is InChI=1S/C26H43NO4/c1-25-14-22(30-3)21(28)12-15(25)8-9-17-18-10-11-19(24(29)31-4)26(18,2)13-20(23(17)25)27-16-6-5-7-16/h15-23,27-28H,5-14H2,1-4H3/t15?,17-,18-,19?,20?,21?,22?,23-,25-,26-/m0/s1. The summed E-state index contributed by atoms with van der Waals surface area (Å²) in [4.78, 5) is 12.8. The Labute approximate surface area is 188 Å². The van der Waals surface area contributed by atoms with Gasteiger partial charge in [0.25, 0.3) is 0 Å². The van der Waals surface area contributed by atoms with E-state index in [0.29, 0.717) is 35.8 Å². The summed E-state index contributed by atoms with van der Waals surface area (Å²) in [6, 6.07) is 1.09. The molecule has 176 valence electrons. The predicted molar refractivity (Wildman–Crippen MR) is 119 cm³/mol. The summed E-state index contributed by atoms with van der Waals surface area (Å²) in [5, 5.41) is 14.8. The third-order valence-electron chi connectivity index (χ3n) is 11.0. The molecule has 5 unspecified atom stereocenters. The van der Waals surface area contributed by atoms with Crippen molar-refractivity contribution in [3.05, 3.63) is 0 Å². The number of carbonyl (C=O) groups excluding carboxylic acids is 1. The van der Waals surface area contributed by atoms with Gasteiger partial charge in [0.1, 0.15) is 0 Å². The van der Waals surface area contributed by atoms with E-state index in [2.05, 4.69) is 19.2 Å². The molecular formula is C26H43NO4. The first kappa shape index (κ1) is 22.2. The molecule has 5 nitrogen and oxygen atoms in total. The number of ether oxygens (including phenoxy) is 2. The molecule has 10 atom stereocenters. The molecule has 0 aromatic heterocycles. The number of hydrogen-bond donors (Lipinski definition) is 2. The Hall–Kier alpha value is -0.650. The second-order valence-electron chi connectivity index (χ2n) is 12.1. The van der Waals surface area contributed by atoms with Gasteiger partial charge in [0.15, 0.2) is 0 Å². The first-order valence-electron chi connectivity index (χ1n) is 12.9. The molecule has 31 heavy (non-hydrogen) atoms. The number of esters is 1. The second kappa shape index (κ2) is 7.99. The van der Waals surface area contributed by atoms with Gasteiger partial charge in [-0.25, -0.2) is 0 Å². The summed E-state index contributed by atoms with van der Waals surface area (Å²) in [6.07, 6.45) is 11.0. The van der Waals surface area contributed by atoms with E-state index >= 15 is 0 Å². The van der Waals surface area contributed by atoms with E-state index in [1.54, 1.807) is 14.2 Å². The van der Waals surface area contributed by atoms with Gasteiger partial charge in [0.05, 0.1) is 25.2 Å². The molecule has 5 rings (SSSR count). The number of nitrogens with one attached hydrogen (secondary N) is 1. The van der Waals surface area contributed by atoms with E-state index in [0.717, 1.165) is 32.1 Å². The summed E-state index contributed by atoms with van der Waals surface area (Å²) >= 11 is 0. The Balaban J connectivity index is 1.50. The number of methoxy groups -OCH3 is 2. The molecule has 5 heteroatoms. The number of aliphatic hydroxyl groups is 1. The van der Waals surface area contributed by atoms with Crippen molar-refractivity contribution in [2.24, 2.45) is 40.4 Å². The largest absolute Gasteiger partial charge is 0.469 e. The maximum absolute atomic E-state index is 12.8. The molecule has 0 aromatic carbocycles. The normalized spacial score (nSPS) is 51.9. The highest BCUT2D eigenvalue weighted by Gasteiger charge is 2.65. The minimum Gasteiger partial charge on any atom is -0.469 e. The van der Waals surface area contributed by atoms with Crippen molar-refractivity contribution in [3.63, 3.8) is 0 Å². The third kappa shape index (κ3) is 3.32. The van der Waals surface area contributed by atoms with Crippen molar-refractivity contribution in [1.29, 1.82) is 0 Å². The van der Waals surface area contributed by atoms with Crippen molar-refractivity contribution in [2.45, 2.75) is 102 Å². The number of rotatable bonds is 4. The maximum Gasteiger partial charge on any atom is 0.309 e. The fraction of sp³-hybridized carbons (Fsp3) is 0.962. The molecular weight excluding hydrogens is 390 g/mol. The molecule has 0 radical (unpaired) electrons. The molecule has 5 aliphatic rings. The van der Waals surface area contributed by atoms with Crippen LogP contribution in [0.3, 0.4) is 0 Å². The van der Waals surface area contributed by atoms with Crippen LogP contribution in [0, 0.1) is 40.4 Å². The molecule has 5 aliphatic carbocycles. The van der Waals surface area contributed by atoms with Crippen LogP contribution in [0.25, 0.3) is 0 Å². The number of aliphatic hydroxyl groups excluding tert-OH is 1. The van der Waals surface area contributed by atoms with E-state index in [-0.39, 0.29) is 34.9 Å². The zero-order valence-electron chi connectivity index (χ0n) is 19.9. The van der Waals surface area contributed by atoms with Crippen LogP contribution in [0.5, 0.6) is 0 Å². The molecule has 5 saturated carbocycles. The number of fused-ring (bicyclic) bond motifs is 5. The Kier molecular flexibility index (Phi) is 5.71. The van der Waals surface area contributed by atoms with Crippen LogP contribution in [0.4, 0.5) is 0 Å². The van der Waals surface area contributed by atoms with Gasteiger partial charge < -0.3 is 19.9 Å². The minimum atomic E-state index is -0.332. The lowest BCUT2D eigenvalue weighted by molar-refractivity contribution is -0.180. The monoisotopic (exact) mass is 433 g/mol. The average Bonchev–Trinajstić information content (AvgIpc) is 3.06. The molecule has 0 aliphatic heterocycles. The van der Waals surface area contributed by atoms with Crippen molar-refractivity contribution in [1.82, 2.24) is 5.32 Å². The van der Waals surface area contributed by atoms with Crippen LogP contribution in [0.2, 0.25) is 0 Å².